The van der Waals surface area contributed by atoms with E-state index in [0.29, 0.717) is 23.7 Å². The number of aromatic nitrogens is 2. The smallest absolute Gasteiger partial charge is 0.344 e. The van der Waals surface area contributed by atoms with Gasteiger partial charge < -0.3 is 9.47 Å². The van der Waals surface area contributed by atoms with Crippen LogP contribution in [0.3, 0.4) is 0 Å². The van der Waals surface area contributed by atoms with Gasteiger partial charge in [0, 0.05) is 17.8 Å². The SMILES string of the molecule is CCCCCCOC(=O)COc1ccc(-c2cn3cc([N+](=O)[O-])ccc3n2)cc1. The van der Waals surface area contributed by atoms with Crippen molar-refractivity contribution in [3.05, 3.63) is 58.9 Å². The topological polar surface area (TPSA) is 96.0 Å². The van der Waals surface area contributed by atoms with Crippen LogP contribution in [-0.2, 0) is 9.53 Å². The van der Waals surface area contributed by atoms with Gasteiger partial charge in [0.05, 0.1) is 23.4 Å². The van der Waals surface area contributed by atoms with Gasteiger partial charge in [-0.2, -0.15) is 0 Å². The first-order chi connectivity index (χ1) is 14.1. The average Bonchev–Trinajstić information content (AvgIpc) is 3.16. The molecule has 0 saturated heterocycles. The molecule has 8 nitrogen and oxygen atoms in total. The Bertz CT molecular complexity index is 982. The number of nitrogens with zero attached hydrogens (tertiary/aromatic N) is 3. The van der Waals surface area contributed by atoms with Crippen LogP contribution in [-0.4, -0.2) is 33.5 Å². The first kappa shape index (κ1) is 20.3. The number of hydrogen-bond donors (Lipinski definition) is 0. The van der Waals surface area contributed by atoms with E-state index in [1.54, 1.807) is 28.8 Å². The summed E-state index contributed by atoms with van der Waals surface area (Å²) >= 11 is 0. The number of benzene rings is 1. The Hall–Kier alpha value is -3.42. The van der Waals surface area contributed by atoms with Crippen molar-refractivity contribution in [1.82, 2.24) is 9.38 Å². The normalized spacial score (nSPS) is 10.8. The number of carbonyl (C=O) groups is 1. The summed E-state index contributed by atoms with van der Waals surface area (Å²) in [5.41, 5.74) is 2.14. The summed E-state index contributed by atoms with van der Waals surface area (Å²) in [4.78, 5) is 26.6. The van der Waals surface area contributed by atoms with Crippen LogP contribution in [0.5, 0.6) is 5.75 Å². The molecule has 0 N–H and O–H groups in total. The molecule has 0 spiro atoms. The third kappa shape index (κ3) is 5.54. The van der Waals surface area contributed by atoms with Crippen LogP contribution < -0.4 is 4.74 Å². The van der Waals surface area contributed by atoms with Crippen LogP contribution in [0, 0.1) is 10.1 Å². The molecule has 8 heteroatoms. The number of unbranched alkanes of at least 4 members (excludes halogenated alkanes) is 3. The Morgan fingerprint density at radius 2 is 1.90 bits per heavy atom. The fourth-order valence-electron chi connectivity index (χ4n) is 2.85. The number of fused-ring (bicyclic) bond motifs is 1. The molecule has 2 heterocycles. The number of rotatable bonds is 10. The molecule has 3 rings (SSSR count). The molecule has 0 aliphatic heterocycles. The van der Waals surface area contributed by atoms with E-state index in [2.05, 4.69) is 11.9 Å². The highest BCUT2D eigenvalue weighted by Crippen LogP contribution is 2.23. The summed E-state index contributed by atoms with van der Waals surface area (Å²) in [6.07, 6.45) is 7.37. The molecule has 152 valence electrons. The van der Waals surface area contributed by atoms with Crippen LogP contribution in [0.1, 0.15) is 32.6 Å². The van der Waals surface area contributed by atoms with E-state index in [9.17, 15) is 14.9 Å². The van der Waals surface area contributed by atoms with Crippen LogP contribution in [0.2, 0.25) is 0 Å². The number of imidazole rings is 1. The molecule has 0 amide bonds. The summed E-state index contributed by atoms with van der Waals surface area (Å²) in [6, 6.07) is 10.2. The Kier molecular flexibility index (Phi) is 6.78. The van der Waals surface area contributed by atoms with Crippen molar-refractivity contribution in [3.63, 3.8) is 0 Å². The average molecular weight is 397 g/mol. The Labute approximate surface area is 168 Å². The summed E-state index contributed by atoms with van der Waals surface area (Å²) in [5, 5.41) is 10.9. The van der Waals surface area contributed by atoms with Crippen molar-refractivity contribution >= 4 is 17.3 Å². The predicted octanol–water partition coefficient (Wildman–Crippen LogP) is 4.41. The zero-order chi connectivity index (χ0) is 20.6. The van der Waals surface area contributed by atoms with E-state index in [1.807, 2.05) is 12.1 Å². The molecule has 0 fully saturated rings. The first-order valence-electron chi connectivity index (χ1n) is 9.59. The minimum Gasteiger partial charge on any atom is -0.482 e. The van der Waals surface area contributed by atoms with Crippen molar-refractivity contribution in [2.45, 2.75) is 32.6 Å². The van der Waals surface area contributed by atoms with Crippen LogP contribution >= 0.6 is 0 Å². The van der Waals surface area contributed by atoms with E-state index >= 15 is 0 Å². The lowest BCUT2D eigenvalue weighted by atomic mass is 10.2. The van der Waals surface area contributed by atoms with Crippen molar-refractivity contribution in [3.8, 4) is 17.0 Å². The quantitative estimate of drug-likeness (QED) is 0.218. The van der Waals surface area contributed by atoms with Gasteiger partial charge in [0.1, 0.15) is 11.4 Å². The van der Waals surface area contributed by atoms with Crippen molar-refractivity contribution in [1.29, 1.82) is 0 Å². The fraction of sp³-hybridized carbons (Fsp3) is 0.333. The molecule has 0 aliphatic rings. The summed E-state index contributed by atoms with van der Waals surface area (Å²) in [6.45, 7) is 2.42. The minimum atomic E-state index is -0.443. The zero-order valence-electron chi connectivity index (χ0n) is 16.2. The number of hydrogen-bond acceptors (Lipinski definition) is 6. The van der Waals surface area contributed by atoms with Gasteiger partial charge in [0.25, 0.3) is 5.69 Å². The van der Waals surface area contributed by atoms with Gasteiger partial charge in [-0.05, 0) is 36.8 Å². The summed E-state index contributed by atoms with van der Waals surface area (Å²) in [7, 11) is 0. The molecule has 0 unspecified atom stereocenters. The summed E-state index contributed by atoms with van der Waals surface area (Å²) in [5.74, 6) is 0.170. The maximum atomic E-state index is 11.7. The molecule has 3 aromatic rings. The van der Waals surface area contributed by atoms with Crippen molar-refractivity contribution in [2.75, 3.05) is 13.2 Å². The van der Waals surface area contributed by atoms with E-state index in [4.69, 9.17) is 9.47 Å². The molecule has 1 aromatic carbocycles. The highest BCUT2D eigenvalue weighted by molar-refractivity contribution is 5.71. The second-order valence-corrected chi connectivity index (χ2v) is 6.63. The molecule has 0 bridgehead atoms. The largest absolute Gasteiger partial charge is 0.482 e. The number of nitro groups is 1. The Morgan fingerprint density at radius 1 is 1.10 bits per heavy atom. The van der Waals surface area contributed by atoms with Gasteiger partial charge in [0.2, 0.25) is 0 Å². The predicted molar refractivity (Wildman–Crippen MR) is 108 cm³/mol. The molecule has 2 aromatic heterocycles. The van der Waals surface area contributed by atoms with Gasteiger partial charge >= 0.3 is 5.97 Å². The van der Waals surface area contributed by atoms with E-state index < -0.39 is 4.92 Å². The second kappa shape index (κ2) is 9.68. The number of pyridine rings is 1. The highest BCUT2D eigenvalue weighted by atomic mass is 16.6. The molecule has 0 saturated carbocycles. The van der Waals surface area contributed by atoms with Gasteiger partial charge in [-0.25, -0.2) is 9.78 Å². The minimum absolute atomic E-state index is 0.00227. The maximum Gasteiger partial charge on any atom is 0.344 e. The lowest BCUT2D eigenvalue weighted by molar-refractivity contribution is -0.385. The third-order valence-electron chi connectivity index (χ3n) is 4.41. The molecule has 0 radical (unpaired) electrons. The number of ether oxygens (including phenoxy) is 2. The van der Waals surface area contributed by atoms with Crippen molar-refractivity contribution < 1.29 is 19.2 Å². The fourth-order valence-corrected chi connectivity index (χ4v) is 2.85. The van der Waals surface area contributed by atoms with Crippen LogP contribution in [0.15, 0.2) is 48.8 Å². The number of esters is 1. The Balaban J connectivity index is 1.55. The van der Waals surface area contributed by atoms with Gasteiger partial charge in [-0.1, -0.05) is 26.2 Å². The first-order valence-corrected chi connectivity index (χ1v) is 9.59. The van der Waals surface area contributed by atoms with Crippen molar-refractivity contribution in [2.24, 2.45) is 0 Å². The van der Waals surface area contributed by atoms with Crippen LogP contribution in [0.25, 0.3) is 16.9 Å². The lowest BCUT2D eigenvalue weighted by Gasteiger charge is -2.07. The maximum absolute atomic E-state index is 11.7. The van der Waals surface area contributed by atoms with E-state index in [0.717, 1.165) is 31.2 Å². The number of carbonyl (C=O) groups excluding carboxylic acids is 1. The van der Waals surface area contributed by atoms with Crippen LogP contribution in [0.4, 0.5) is 5.69 Å². The highest BCUT2D eigenvalue weighted by Gasteiger charge is 2.10. The molecular formula is C21H23N3O5. The molecule has 0 atom stereocenters. The van der Waals surface area contributed by atoms with Gasteiger partial charge in [-0.15, -0.1) is 0 Å². The molecule has 29 heavy (non-hydrogen) atoms. The molecule has 0 aliphatic carbocycles. The third-order valence-corrected chi connectivity index (χ3v) is 4.41. The van der Waals surface area contributed by atoms with E-state index in [1.165, 1.54) is 12.3 Å². The standard InChI is InChI=1S/C21H23N3O5/c1-2-3-4-5-12-28-21(25)15-29-18-9-6-16(7-10-18)19-14-23-13-17(24(26)27)8-11-20(23)22-19/h6-11,13-14H,2-5,12,15H2,1H3. The summed E-state index contributed by atoms with van der Waals surface area (Å²) < 4.78 is 12.2. The van der Waals surface area contributed by atoms with E-state index in [-0.39, 0.29) is 18.3 Å². The lowest BCUT2D eigenvalue weighted by Crippen LogP contribution is -2.15. The molecular weight excluding hydrogens is 374 g/mol. The second-order valence-electron chi connectivity index (χ2n) is 6.63. The zero-order valence-corrected chi connectivity index (χ0v) is 16.2. The van der Waals surface area contributed by atoms with Gasteiger partial charge in [-0.3, -0.25) is 14.5 Å². The monoisotopic (exact) mass is 397 g/mol. The Morgan fingerprint density at radius 3 is 2.62 bits per heavy atom. The van der Waals surface area contributed by atoms with Gasteiger partial charge in [0.15, 0.2) is 6.61 Å².